The number of benzene rings is 3. The third kappa shape index (κ3) is 4.15. The summed E-state index contributed by atoms with van der Waals surface area (Å²) in [7, 11) is 2.17. The van der Waals surface area contributed by atoms with Crippen LogP contribution in [0.25, 0.3) is 22.0 Å². The van der Waals surface area contributed by atoms with E-state index in [1.807, 2.05) is 42.6 Å². The fourth-order valence-electron chi connectivity index (χ4n) is 3.96. The van der Waals surface area contributed by atoms with Crippen molar-refractivity contribution in [3.05, 3.63) is 72.9 Å². The summed E-state index contributed by atoms with van der Waals surface area (Å²) >= 11 is 0. The normalized spacial score (nSPS) is 14.7. The molecule has 1 aliphatic heterocycles. The number of para-hydroxylation sites is 1. The Labute approximate surface area is 182 Å². The van der Waals surface area contributed by atoms with Gasteiger partial charge in [0.1, 0.15) is 0 Å². The molecule has 0 atom stereocenters. The molecule has 5 rings (SSSR count). The molecule has 4 aromatic rings. The minimum absolute atomic E-state index is 0.586. The maximum Gasteiger partial charge on any atom is 0.227 e. The molecule has 3 N–H and O–H groups in total. The molecule has 0 bridgehead atoms. The molecule has 6 heteroatoms. The molecule has 0 amide bonds. The van der Waals surface area contributed by atoms with Crippen LogP contribution in [0.5, 0.6) is 0 Å². The lowest BCUT2D eigenvalue weighted by molar-refractivity contribution is 0.313. The first-order valence-corrected chi connectivity index (χ1v) is 10.6. The van der Waals surface area contributed by atoms with Gasteiger partial charge in [-0.15, -0.1) is 0 Å². The number of nitrogen functional groups attached to an aromatic ring is 1. The van der Waals surface area contributed by atoms with Gasteiger partial charge in [0.2, 0.25) is 5.95 Å². The van der Waals surface area contributed by atoms with Crippen molar-refractivity contribution in [2.24, 2.45) is 0 Å². The number of hydrogen-bond acceptors (Lipinski definition) is 6. The van der Waals surface area contributed by atoms with Gasteiger partial charge in [-0.3, -0.25) is 0 Å². The molecule has 1 fully saturated rings. The number of hydrogen-bond donors (Lipinski definition) is 2. The maximum absolute atomic E-state index is 5.85. The number of fused-ring (bicyclic) bond motifs is 1. The predicted octanol–water partition coefficient (Wildman–Crippen LogP) is 4.37. The zero-order valence-corrected chi connectivity index (χ0v) is 17.6. The quantitative estimate of drug-likeness (QED) is 0.487. The Morgan fingerprint density at radius 2 is 1.61 bits per heavy atom. The molecule has 31 heavy (non-hydrogen) atoms. The van der Waals surface area contributed by atoms with Crippen LogP contribution in [0.4, 0.5) is 23.0 Å². The summed E-state index contributed by atoms with van der Waals surface area (Å²) in [6.45, 7) is 4.32. The fourth-order valence-corrected chi connectivity index (χ4v) is 3.96. The van der Waals surface area contributed by atoms with E-state index in [2.05, 4.69) is 57.5 Å². The van der Waals surface area contributed by atoms with E-state index < -0.39 is 0 Å². The summed E-state index contributed by atoms with van der Waals surface area (Å²) < 4.78 is 0. The first-order chi connectivity index (χ1) is 15.2. The van der Waals surface area contributed by atoms with Crippen LogP contribution >= 0.6 is 0 Å². The van der Waals surface area contributed by atoms with Crippen LogP contribution in [0.1, 0.15) is 0 Å². The molecule has 0 aliphatic carbocycles. The second-order valence-corrected chi connectivity index (χ2v) is 8.02. The lowest BCUT2D eigenvalue weighted by Crippen LogP contribution is -2.44. The van der Waals surface area contributed by atoms with Crippen molar-refractivity contribution in [1.29, 1.82) is 0 Å². The molecule has 0 unspecified atom stereocenters. The van der Waals surface area contributed by atoms with Crippen LogP contribution < -0.4 is 16.0 Å². The zero-order chi connectivity index (χ0) is 21.2. The van der Waals surface area contributed by atoms with Crippen LogP contribution in [-0.4, -0.2) is 48.1 Å². The van der Waals surface area contributed by atoms with E-state index in [0.29, 0.717) is 5.95 Å². The smallest absolute Gasteiger partial charge is 0.227 e. The third-order valence-electron chi connectivity index (χ3n) is 5.82. The molecule has 3 aromatic carbocycles. The van der Waals surface area contributed by atoms with E-state index >= 15 is 0 Å². The summed E-state index contributed by atoms with van der Waals surface area (Å²) in [6, 6.07) is 22.5. The lowest BCUT2D eigenvalue weighted by Gasteiger charge is -2.34. The predicted molar refractivity (Wildman–Crippen MR) is 129 cm³/mol. The highest BCUT2D eigenvalue weighted by atomic mass is 15.2. The summed E-state index contributed by atoms with van der Waals surface area (Å²) in [5.74, 6) is 0.586. The van der Waals surface area contributed by atoms with Crippen LogP contribution in [0.3, 0.4) is 0 Å². The monoisotopic (exact) mass is 410 g/mol. The third-order valence-corrected chi connectivity index (χ3v) is 5.82. The van der Waals surface area contributed by atoms with Gasteiger partial charge in [0, 0.05) is 60.4 Å². The number of nitrogens with zero attached hydrogens (tertiary/aromatic N) is 4. The van der Waals surface area contributed by atoms with Crippen molar-refractivity contribution in [2.75, 3.05) is 49.2 Å². The van der Waals surface area contributed by atoms with E-state index in [1.54, 1.807) is 0 Å². The molecule has 1 aromatic heterocycles. The molecule has 156 valence electrons. The minimum Gasteiger partial charge on any atom is -0.399 e. The average molecular weight is 411 g/mol. The van der Waals surface area contributed by atoms with E-state index in [9.17, 15) is 0 Å². The topological polar surface area (TPSA) is 70.3 Å². The van der Waals surface area contributed by atoms with Crippen molar-refractivity contribution in [1.82, 2.24) is 14.9 Å². The second-order valence-electron chi connectivity index (χ2n) is 8.02. The summed E-state index contributed by atoms with van der Waals surface area (Å²) in [4.78, 5) is 14.1. The second kappa shape index (κ2) is 8.24. The number of aromatic nitrogens is 2. The highest BCUT2D eigenvalue weighted by Gasteiger charge is 2.14. The Hall–Kier alpha value is -3.64. The van der Waals surface area contributed by atoms with Crippen molar-refractivity contribution in [3.8, 4) is 11.1 Å². The number of nitrogens with two attached hydrogens (primary N) is 1. The van der Waals surface area contributed by atoms with Crippen molar-refractivity contribution in [3.63, 3.8) is 0 Å². The Bertz CT molecular complexity index is 1180. The lowest BCUT2D eigenvalue weighted by atomic mass is 10.0. The van der Waals surface area contributed by atoms with Crippen LogP contribution in [0.15, 0.2) is 72.9 Å². The van der Waals surface area contributed by atoms with E-state index in [-0.39, 0.29) is 0 Å². The summed E-state index contributed by atoms with van der Waals surface area (Å²) in [5, 5.41) is 4.36. The van der Waals surface area contributed by atoms with Gasteiger partial charge in [-0.25, -0.2) is 9.97 Å². The van der Waals surface area contributed by atoms with E-state index in [1.165, 1.54) is 5.69 Å². The molecular weight excluding hydrogens is 384 g/mol. The number of rotatable bonds is 4. The van der Waals surface area contributed by atoms with Gasteiger partial charge in [-0.05, 0) is 49.0 Å². The van der Waals surface area contributed by atoms with Gasteiger partial charge in [0.15, 0.2) is 0 Å². The maximum atomic E-state index is 5.85. The minimum atomic E-state index is 0.586. The number of anilines is 4. The number of likely N-dealkylation sites (N-methyl/N-ethyl adjacent to an activating group) is 1. The van der Waals surface area contributed by atoms with Gasteiger partial charge in [-0.2, -0.15) is 0 Å². The number of nitrogens with one attached hydrogen (secondary N) is 1. The largest absolute Gasteiger partial charge is 0.399 e. The summed E-state index contributed by atoms with van der Waals surface area (Å²) in [6.07, 6.45) is 1.87. The van der Waals surface area contributed by atoms with Crippen LogP contribution in [-0.2, 0) is 0 Å². The highest BCUT2D eigenvalue weighted by molar-refractivity contribution is 5.94. The molecule has 6 nitrogen and oxygen atoms in total. The van der Waals surface area contributed by atoms with E-state index in [4.69, 9.17) is 10.7 Å². The van der Waals surface area contributed by atoms with Gasteiger partial charge in [0.25, 0.3) is 0 Å². The number of piperazine rings is 1. The van der Waals surface area contributed by atoms with Gasteiger partial charge in [-0.1, -0.05) is 30.3 Å². The van der Waals surface area contributed by atoms with Gasteiger partial charge >= 0.3 is 0 Å². The molecule has 2 heterocycles. The SMILES string of the molecule is CN1CCN(c2ccc(Nc3ncc4cccc(-c5ccc(N)cc5)c4n3)cc2)CC1. The average Bonchev–Trinajstić information content (AvgIpc) is 2.80. The van der Waals surface area contributed by atoms with Crippen molar-refractivity contribution >= 4 is 33.9 Å². The Morgan fingerprint density at radius 3 is 2.35 bits per heavy atom. The van der Waals surface area contributed by atoms with Gasteiger partial charge < -0.3 is 20.9 Å². The Kier molecular flexibility index (Phi) is 5.14. The van der Waals surface area contributed by atoms with Crippen molar-refractivity contribution in [2.45, 2.75) is 0 Å². The Balaban J connectivity index is 1.39. The van der Waals surface area contributed by atoms with E-state index in [0.717, 1.165) is 59.6 Å². The van der Waals surface area contributed by atoms with Crippen LogP contribution in [0.2, 0.25) is 0 Å². The molecule has 1 aliphatic rings. The first kappa shape index (κ1) is 19.3. The standard InChI is InChI=1S/C25H26N6/c1-30-13-15-31(16-14-30)22-11-9-21(10-12-22)28-25-27-17-19-3-2-4-23(24(19)29-25)18-5-7-20(26)8-6-18/h2-12,17H,13-16,26H2,1H3,(H,27,28,29). The highest BCUT2D eigenvalue weighted by Crippen LogP contribution is 2.29. The molecule has 1 saturated heterocycles. The summed E-state index contributed by atoms with van der Waals surface area (Å²) in [5.41, 5.74) is 11.9. The fraction of sp³-hybridized carbons (Fsp3) is 0.200. The molecule has 0 saturated carbocycles. The molecule has 0 radical (unpaired) electrons. The Morgan fingerprint density at radius 1 is 0.871 bits per heavy atom. The first-order valence-electron chi connectivity index (χ1n) is 10.6. The molecular formula is C25H26N6. The van der Waals surface area contributed by atoms with Gasteiger partial charge in [0.05, 0.1) is 5.52 Å². The zero-order valence-electron chi connectivity index (χ0n) is 17.6. The van der Waals surface area contributed by atoms with Crippen LogP contribution in [0, 0.1) is 0 Å². The van der Waals surface area contributed by atoms with Crippen molar-refractivity contribution < 1.29 is 0 Å². The molecule has 0 spiro atoms.